The summed E-state index contributed by atoms with van der Waals surface area (Å²) in [6.45, 7) is 0.309. The Morgan fingerprint density at radius 1 is 1.62 bits per heavy atom. The third-order valence-corrected chi connectivity index (χ3v) is 2.51. The third kappa shape index (κ3) is 2.97. The van der Waals surface area contributed by atoms with Crippen LogP contribution in [0.1, 0.15) is 25.7 Å². The van der Waals surface area contributed by atoms with Gasteiger partial charge in [-0.15, -0.1) is 0 Å². The molecule has 1 atom stereocenters. The van der Waals surface area contributed by atoms with Crippen molar-refractivity contribution in [1.82, 2.24) is 5.32 Å². The SMILES string of the molecule is COC(=O)C(CN)NC1CCCC1. The van der Waals surface area contributed by atoms with E-state index in [1.54, 1.807) is 0 Å². The molecule has 76 valence electrons. The molecule has 1 fully saturated rings. The molecule has 0 aromatic heterocycles. The van der Waals surface area contributed by atoms with Crippen LogP contribution < -0.4 is 11.1 Å². The van der Waals surface area contributed by atoms with Gasteiger partial charge in [0.25, 0.3) is 0 Å². The van der Waals surface area contributed by atoms with E-state index in [0.717, 1.165) is 12.8 Å². The van der Waals surface area contributed by atoms with E-state index in [-0.39, 0.29) is 12.0 Å². The Balaban J connectivity index is 2.33. The summed E-state index contributed by atoms with van der Waals surface area (Å²) in [5.41, 5.74) is 5.46. The van der Waals surface area contributed by atoms with Crippen LogP contribution in [0, 0.1) is 0 Å². The maximum Gasteiger partial charge on any atom is 0.324 e. The number of hydrogen-bond acceptors (Lipinski definition) is 4. The van der Waals surface area contributed by atoms with Gasteiger partial charge in [-0.1, -0.05) is 12.8 Å². The monoisotopic (exact) mass is 186 g/mol. The fourth-order valence-electron chi connectivity index (χ4n) is 1.75. The van der Waals surface area contributed by atoms with E-state index in [9.17, 15) is 4.79 Å². The Labute approximate surface area is 78.8 Å². The Kier molecular flexibility index (Phi) is 4.18. The van der Waals surface area contributed by atoms with Crippen LogP contribution in [-0.2, 0) is 9.53 Å². The van der Waals surface area contributed by atoms with Crippen LogP contribution in [0.4, 0.5) is 0 Å². The summed E-state index contributed by atoms with van der Waals surface area (Å²) in [6.07, 6.45) is 4.78. The van der Waals surface area contributed by atoms with Gasteiger partial charge in [-0.25, -0.2) is 0 Å². The molecule has 0 spiro atoms. The fourth-order valence-corrected chi connectivity index (χ4v) is 1.75. The number of carbonyl (C=O) groups is 1. The van der Waals surface area contributed by atoms with Crippen molar-refractivity contribution in [1.29, 1.82) is 0 Å². The molecule has 0 radical (unpaired) electrons. The molecule has 0 heterocycles. The van der Waals surface area contributed by atoms with E-state index in [0.29, 0.717) is 12.6 Å². The standard InChI is InChI=1S/C9H18N2O2/c1-13-9(12)8(6-10)11-7-4-2-3-5-7/h7-8,11H,2-6,10H2,1H3. The number of hydrogen-bond donors (Lipinski definition) is 2. The van der Waals surface area contributed by atoms with Crippen molar-refractivity contribution in [2.75, 3.05) is 13.7 Å². The molecule has 1 rings (SSSR count). The van der Waals surface area contributed by atoms with Crippen LogP contribution in [0.15, 0.2) is 0 Å². The van der Waals surface area contributed by atoms with Crippen molar-refractivity contribution in [2.45, 2.75) is 37.8 Å². The Bertz CT molecular complexity index is 167. The second kappa shape index (κ2) is 5.19. The van der Waals surface area contributed by atoms with Crippen molar-refractivity contribution in [3.8, 4) is 0 Å². The molecule has 4 nitrogen and oxygen atoms in total. The topological polar surface area (TPSA) is 64.3 Å². The van der Waals surface area contributed by atoms with Gasteiger partial charge in [0.1, 0.15) is 6.04 Å². The highest BCUT2D eigenvalue weighted by Gasteiger charge is 2.23. The minimum Gasteiger partial charge on any atom is -0.468 e. The average Bonchev–Trinajstić information content (AvgIpc) is 2.65. The van der Waals surface area contributed by atoms with Crippen LogP contribution in [0.5, 0.6) is 0 Å². The number of rotatable bonds is 4. The molecule has 1 aliphatic rings. The second-order valence-corrected chi connectivity index (χ2v) is 3.46. The van der Waals surface area contributed by atoms with E-state index >= 15 is 0 Å². The smallest absolute Gasteiger partial charge is 0.324 e. The van der Waals surface area contributed by atoms with Crippen molar-refractivity contribution < 1.29 is 9.53 Å². The van der Waals surface area contributed by atoms with Gasteiger partial charge >= 0.3 is 5.97 Å². The van der Waals surface area contributed by atoms with Gasteiger partial charge in [-0.3, -0.25) is 4.79 Å². The van der Waals surface area contributed by atoms with E-state index in [1.807, 2.05) is 0 Å². The molecule has 0 saturated heterocycles. The minimum absolute atomic E-state index is 0.255. The molecule has 4 heteroatoms. The van der Waals surface area contributed by atoms with Crippen molar-refractivity contribution in [3.63, 3.8) is 0 Å². The molecule has 0 aromatic rings. The second-order valence-electron chi connectivity index (χ2n) is 3.46. The number of carbonyl (C=O) groups excluding carboxylic acids is 1. The number of ether oxygens (including phenoxy) is 1. The van der Waals surface area contributed by atoms with E-state index in [4.69, 9.17) is 5.73 Å². The zero-order chi connectivity index (χ0) is 9.68. The Morgan fingerprint density at radius 2 is 2.23 bits per heavy atom. The van der Waals surface area contributed by atoms with Crippen LogP contribution in [0.2, 0.25) is 0 Å². The number of methoxy groups -OCH3 is 1. The predicted molar refractivity (Wildman–Crippen MR) is 50.3 cm³/mol. The molecule has 1 unspecified atom stereocenters. The van der Waals surface area contributed by atoms with Crippen molar-refractivity contribution in [3.05, 3.63) is 0 Å². The first-order valence-corrected chi connectivity index (χ1v) is 4.82. The first-order chi connectivity index (χ1) is 6.27. The van der Waals surface area contributed by atoms with Gasteiger partial charge in [0, 0.05) is 12.6 Å². The number of nitrogens with one attached hydrogen (secondary N) is 1. The molecular weight excluding hydrogens is 168 g/mol. The molecule has 1 saturated carbocycles. The summed E-state index contributed by atoms with van der Waals surface area (Å²) in [4.78, 5) is 11.2. The lowest BCUT2D eigenvalue weighted by molar-refractivity contribution is -0.143. The summed E-state index contributed by atoms with van der Waals surface area (Å²) in [5.74, 6) is -0.255. The molecular formula is C9H18N2O2. The van der Waals surface area contributed by atoms with Crippen LogP contribution in [-0.4, -0.2) is 31.7 Å². The Hall–Kier alpha value is -0.610. The Morgan fingerprint density at radius 3 is 2.69 bits per heavy atom. The highest BCUT2D eigenvalue weighted by atomic mass is 16.5. The largest absolute Gasteiger partial charge is 0.468 e. The van der Waals surface area contributed by atoms with E-state index in [2.05, 4.69) is 10.1 Å². The minimum atomic E-state index is -0.326. The van der Waals surface area contributed by atoms with Crippen LogP contribution in [0.3, 0.4) is 0 Å². The maximum atomic E-state index is 11.2. The average molecular weight is 186 g/mol. The van der Waals surface area contributed by atoms with Crippen molar-refractivity contribution >= 4 is 5.97 Å². The molecule has 0 aliphatic heterocycles. The zero-order valence-corrected chi connectivity index (χ0v) is 8.08. The third-order valence-electron chi connectivity index (χ3n) is 2.51. The molecule has 0 amide bonds. The van der Waals surface area contributed by atoms with Gasteiger partial charge in [-0.05, 0) is 12.8 Å². The van der Waals surface area contributed by atoms with Crippen LogP contribution in [0.25, 0.3) is 0 Å². The zero-order valence-electron chi connectivity index (χ0n) is 8.08. The molecule has 1 aliphatic carbocycles. The normalized spacial score (nSPS) is 20.2. The summed E-state index contributed by atoms with van der Waals surface area (Å²) in [6, 6.07) is 0.126. The van der Waals surface area contributed by atoms with Gasteiger partial charge in [0.2, 0.25) is 0 Å². The highest BCUT2D eigenvalue weighted by molar-refractivity contribution is 5.75. The van der Waals surface area contributed by atoms with Gasteiger partial charge < -0.3 is 15.8 Å². The van der Waals surface area contributed by atoms with E-state index < -0.39 is 0 Å². The molecule has 0 bridgehead atoms. The molecule has 0 aromatic carbocycles. The first kappa shape index (κ1) is 10.5. The van der Waals surface area contributed by atoms with Gasteiger partial charge in [0.05, 0.1) is 7.11 Å². The maximum absolute atomic E-state index is 11.2. The number of nitrogens with two attached hydrogens (primary N) is 1. The predicted octanol–water partition coefficient (Wildman–Crippen LogP) is 0.0189. The summed E-state index contributed by atoms with van der Waals surface area (Å²) >= 11 is 0. The van der Waals surface area contributed by atoms with Crippen LogP contribution >= 0.6 is 0 Å². The first-order valence-electron chi connectivity index (χ1n) is 4.82. The van der Waals surface area contributed by atoms with E-state index in [1.165, 1.54) is 20.0 Å². The quantitative estimate of drug-likeness (QED) is 0.607. The summed E-state index contributed by atoms with van der Waals surface area (Å²) in [7, 11) is 1.39. The highest BCUT2D eigenvalue weighted by Crippen LogP contribution is 2.18. The fraction of sp³-hybridized carbons (Fsp3) is 0.889. The van der Waals surface area contributed by atoms with Crippen molar-refractivity contribution in [2.24, 2.45) is 5.73 Å². The summed E-state index contributed by atoms with van der Waals surface area (Å²) in [5, 5.41) is 3.22. The lowest BCUT2D eigenvalue weighted by Gasteiger charge is -2.19. The number of esters is 1. The summed E-state index contributed by atoms with van der Waals surface area (Å²) < 4.78 is 4.63. The van der Waals surface area contributed by atoms with Gasteiger partial charge in [0.15, 0.2) is 0 Å². The molecule has 3 N–H and O–H groups in total. The lowest BCUT2D eigenvalue weighted by atomic mass is 10.2. The molecule has 13 heavy (non-hydrogen) atoms. The van der Waals surface area contributed by atoms with Gasteiger partial charge in [-0.2, -0.15) is 0 Å². The lowest BCUT2D eigenvalue weighted by Crippen LogP contribution is -2.47.